The molecule has 0 aliphatic heterocycles. The van der Waals surface area contributed by atoms with Crippen LogP contribution in [-0.4, -0.2) is 22.9 Å². The summed E-state index contributed by atoms with van der Waals surface area (Å²) in [5.74, 6) is 0.793. The van der Waals surface area contributed by atoms with E-state index in [9.17, 15) is 9.59 Å². The number of aromatic amines is 1. The van der Waals surface area contributed by atoms with E-state index in [1.54, 1.807) is 31.4 Å². The molecule has 0 unspecified atom stereocenters. The second-order valence-corrected chi connectivity index (χ2v) is 5.29. The van der Waals surface area contributed by atoms with Crippen molar-refractivity contribution >= 4 is 5.78 Å². The highest BCUT2D eigenvalue weighted by Crippen LogP contribution is 2.25. The van der Waals surface area contributed by atoms with Crippen LogP contribution in [0.15, 0.2) is 59.4 Å². The molecule has 5 nitrogen and oxygen atoms in total. The van der Waals surface area contributed by atoms with E-state index < -0.39 is 5.56 Å². The Morgan fingerprint density at radius 2 is 1.67 bits per heavy atom. The smallest absolute Gasteiger partial charge is 0.262 e. The molecular formula is C19H16N2O3. The number of H-pyrrole nitrogens is 1. The fraction of sp³-hybridized carbons (Fsp3) is 0.105. The first-order valence-corrected chi connectivity index (χ1v) is 7.45. The maximum absolute atomic E-state index is 12.4. The number of ketones is 1. The third-order valence-electron chi connectivity index (χ3n) is 3.68. The molecule has 0 aliphatic carbocycles. The zero-order chi connectivity index (χ0) is 17.1. The number of aromatic nitrogens is 2. The SMILES string of the molecule is COc1ccc(-c2nc(-c3ccccc3)[nH]c(=O)c2C(C)=O)cc1. The van der Waals surface area contributed by atoms with Crippen LogP contribution in [0.4, 0.5) is 0 Å². The highest BCUT2D eigenvalue weighted by atomic mass is 16.5. The van der Waals surface area contributed by atoms with Gasteiger partial charge in [-0.15, -0.1) is 0 Å². The van der Waals surface area contributed by atoms with E-state index in [0.717, 1.165) is 5.56 Å². The average Bonchev–Trinajstić information content (AvgIpc) is 2.61. The van der Waals surface area contributed by atoms with Gasteiger partial charge in [0.15, 0.2) is 5.78 Å². The molecule has 1 N–H and O–H groups in total. The fourth-order valence-electron chi connectivity index (χ4n) is 2.49. The fourth-order valence-corrected chi connectivity index (χ4v) is 2.49. The zero-order valence-electron chi connectivity index (χ0n) is 13.4. The van der Waals surface area contributed by atoms with E-state index in [0.29, 0.717) is 22.8 Å². The molecule has 0 atom stereocenters. The predicted octanol–water partition coefficient (Wildman–Crippen LogP) is 3.32. The average molecular weight is 320 g/mol. The van der Waals surface area contributed by atoms with Gasteiger partial charge in [-0.2, -0.15) is 0 Å². The lowest BCUT2D eigenvalue weighted by atomic mass is 10.0. The Balaban J connectivity index is 2.23. The molecule has 1 aromatic heterocycles. The Morgan fingerprint density at radius 3 is 2.25 bits per heavy atom. The normalized spacial score (nSPS) is 10.4. The van der Waals surface area contributed by atoms with Crippen LogP contribution < -0.4 is 10.3 Å². The van der Waals surface area contributed by atoms with Gasteiger partial charge in [-0.25, -0.2) is 4.98 Å². The van der Waals surface area contributed by atoms with Crippen molar-refractivity contribution in [2.45, 2.75) is 6.92 Å². The highest BCUT2D eigenvalue weighted by Gasteiger charge is 2.17. The van der Waals surface area contributed by atoms with Gasteiger partial charge in [0.25, 0.3) is 5.56 Å². The van der Waals surface area contributed by atoms with Crippen molar-refractivity contribution in [1.29, 1.82) is 0 Å². The van der Waals surface area contributed by atoms with Gasteiger partial charge in [0.2, 0.25) is 0 Å². The standard InChI is InChI=1S/C19H16N2O3/c1-12(22)16-17(13-8-10-15(24-2)11-9-13)20-18(21-19(16)23)14-6-4-3-5-7-14/h3-11H,1-2H3,(H,20,21,23). The summed E-state index contributed by atoms with van der Waals surface area (Å²) < 4.78 is 5.14. The number of carbonyl (C=O) groups is 1. The first-order chi connectivity index (χ1) is 11.6. The summed E-state index contributed by atoms with van der Waals surface area (Å²) in [5, 5.41) is 0. The molecule has 24 heavy (non-hydrogen) atoms. The first kappa shape index (κ1) is 15.7. The Kier molecular flexibility index (Phi) is 4.24. The lowest BCUT2D eigenvalue weighted by molar-refractivity contribution is 0.101. The van der Waals surface area contributed by atoms with Crippen molar-refractivity contribution < 1.29 is 9.53 Å². The number of rotatable bonds is 4. The predicted molar refractivity (Wildman–Crippen MR) is 92.3 cm³/mol. The number of nitrogens with zero attached hydrogens (tertiary/aromatic N) is 1. The molecule has 3 aromatic rings. The van der Waals surface area contributed by atoms with Gasteiger partial charge in [-0.1, -0.05) is 30.3 Å². The molecule has 0 saturated heterocycles. The Morgan fingerprint density at radius 1 is 1.00 bits per heavy atom. The summed E-state index contributed by atoms with van der Waals surface area (Å²) in [5.41, 5.74) is 1.44. The topological polar surface area (TPSA) is 72.0 Å². The minimum Gasteiger partial charge on any atom is -0.497 e. The third kappa shape index (κ3) is 2.96. The van der Waals surface area contributed by atoms with Crippen LogP contribution in [0.3, 0.4) is 0 Å². The molecule has 0 aliphatic rings. The number of methoxy groups -OCH3 is 1. The van der Waals surface area contributed by atoms with E-state index in [4.69, 9.17) is 4.74 Å². The number of ether oxygens (including phenoxy) is 1. The molecule has 0 bridgehead atoms. The monoisotopic (exact) mass is 320 g/mol. The molecule has 0 fully saturated rings. The van der Waals surface area contributed by atoms with Gasteiger partial charge < -0.3 is 9.72 Å². The van der Waals surface area contributed by atoms with E-state index in [1.807, 2.05) is 30.3 Å². The maximum atomic E-state index is 12.4. The maximum Gasteiger partial charge on any atom is 0.262 e. The van der Waals surface area contributed by atoms with Crippen LogP contribution in [0, 0.1) is 0 Å². The molecule has 5 heteroatoms. The summed E-state index contributed by atoms with van der Waals surface area (Å²) in [6, 6.07) is 16.4. The lowest BCUT2D eigenvalue weighted by Crippen LogP contribution is -2.20. The second kappa shape index (κ2) is 6.50. The molecule has 1 heterocycles. The van der Waals surface area contributed by atoms with Gasteiger partial charge in [0.1, 0.15) is 17.1 Å². The Labute approximate surface area is 139 Å². The van der Waals surface area contributed by atoms with Crippen LogP contribution in [-0.2, 0) is 0 Å². The number of nitrogens with one attached hydrogen (secondary N) is 1. The van der Waals surface area contributed by atoms with Crippen LogP contribution in [0.25, 0.3) is 22.6 Å². The summed E-state index contributed by atoms with van der Waals surface area (Å²) in [6.07, 6.45) is 0. The zero-order valence-corrected chi connectivity index (χ0v) is 13.4. The van der Waals surface area contributed by atoms with Crippen molar-refractivity contribution in [2.75, 3.05) is 7.11 Å². The largest absolute Gasteiger partial charge is 0.497 e. The molecule has 3 rings (SSSR count). The second-order valence-electron chi connectivity index (χ2n) is 5.29. The summed E-state index contributed by atoms with van der Waals surface area (Å²) in [6.45, 7) is 1.36. The van der Waals surface area contributed by atoms with Crippen molar-refractivity contribution in [3.63, 3.8) is 0 Å². The molecule has 0 amide bonds. The molecule has 2 aromatic carbocycles. The van der Waals surface area contributed by atoms with Gasteiger partial charge in [0.05, 0.1) is 12.8 Å². The van der Waals surface area contributed by atoms with Gasteiger partial charge in [-0.3, -0.25) is 9.59 Å². The third-order valence-corrected chi connectivity index (χ3v) is 3.68. The Hall–Kier alpha value is -3.21. The van der Waals surface area contributed by atoms with E-state index in [2.05, 4.69) is 9.97 Å². The number of carbonyl (C=O) groups excluding carboxylic acids is 1. The minimum atomic E-state index is -0.442. The number of hydrogen-bond donors (Lipinski definition) is 1. The van der Waals surface area contributed by atoms with E-state index in [1.165, 1.54) is 6.92 Å². The number of Topliss-reactive ketones (excluding diaryl/α,β-unsaturated/α-hetero) is 1. The van der Waals surface area contributed by atoms with Crippen LogP contribution >= 0.6 is 0 Å². The Bertz CT molecular complexity index is 929. The molecule has 0 saturated carbocycles. The summed E-state index contributed by atoms with van der Waals surface area (Å²) in [7, 11) is 1.58. The first-order valence-electron chi connectivity index (χ1n) is 7.45. The number of hydrogen-bond acceptors (Lipinski definition) is 4. The van der Waals surface area contributed by atoms with Crippen LogP contribution in [0.1, 0.15) is 17.3 Å². The molecule has 0 radical (unpaired) electrons. The quantitative estimate of drug-likeness (QED) is 0.749. The summed E-state index contributed by atoms with van der Waals surface area (Å²) in [4.78, 5) is 31.6. The molecular weight excluding hydrogens is 304 g/mol. The van der Waals surface area contributed by atoms with Gasteiger partial charge >= 0.3 is 0 Å². The molecule has 0 spiro atoms. The number of benzene rings is 2. The summed E-state index contributed by atoms with van der Waals surface area (Å²) >= 11 is 0. The van der Waals surface area contributed by atoms with E-state index in [-0.39, 0.29) is 11.3 Å². The van der Waals surface area contributed by atoms with Gasteiger partial charge in [-0.05, 0) is 31.2 Å². The highest BCUT2D eigenvalue weighted by molar-refractivity contribution is 5.99. The minimum absolute atomic E-state index is 0.0554. The van der Waals surface area contributed by atoms with Crippen molar-refractivity contribution in [2.24, 2.45) is 0 Å². The molecule has 120 valence electrons. The van der Waals surface area contributed by atoms with E-state index >= 15 is 0 Å². The van der Waals surface area contributed by atoms with Crippen LogP contribution in [0.2, 0.25) is 0 Å². The van der Waals surface area contributed by atoms with Crippen molar-refractivity contribution in [3.8, 4) is 28.4 Å². The van der Waals surface area contributed by atoms with Crippen LogP contribution in [0.5, 0.6) is 5.75 Å². The lowest BCUT2D eigenvalue weighted by Gasteiger charge is -2.09. The van der Waals surface area contributed by atoms with Crippen molar-refractivity contribution in [3.05, 3.63) is 70.5 Å². The van der Waals surface area contributed by atoms with Crippen molar-refractivity contribution in [1.82, 2.24) is 9.97 Å². The van der Waals surface area contributed by atoms with Gasteiger partial charge in [0, 0.05) is 11.1 Å².